The molecule has 226 valence electrons. The van der Waals surface area contributed by atoms with Crippen LogP contribution >= 0.6 is 0 Å². The Morgan fingerprint density at radius 3 is 2.60 bits per heavy atom. The summed E-state index contributed by atoms with van der Waals surface area (Å²) in [7, 11) is -4.06. The third-order valence-electron chi connectivity index (χ3n) is 8.41. The Morgan fingerprint density at radius 2 is 1.86 bits per heavy atom. The van der Waals surface area contributed by atoms with Crippen LogP contribution in [0.1, 0.15) is 43.2 Å². The van der Waals surface area contributed by atoms with Gasteiger partial charge in [0, 0.05) is 23.7 Å². The van der Waals surface area contributed by atoms with E-state index in [1.807, 2.05) is 6.92 Å². The van der Waals surface area contributed by atoms with Crippen molar-refractivity contribution < 1.29 is 31.1 Å². The van der Waals surface area contributed by atoms with Gasteiger partial charge in [0.2, 0.25) is 0 Å². The number of hydrogen-bond acceptors (Lipinski definition) is 5. The second-order valence-electron chi connectivity index (χ2n) is 11.6. The van der Waals surface area contributed by atoms with Crippen LogP contribution in [0.2, 0.25) is 0 Å². The molecule has 1 saturated heterocycles. The summed E-state index contributed by atoms with van der Waals surface area (Å²) in [6.45, 7) is 2.25. The molecule has 2 aliphatic rings. The van der Waals surface area contributed by atoms with Gasteiger partial charge in [0.25, 0.3) is 10.0 Å². The highest BCUT2D eigenvalue weighted by Crippen LogP contribution is 2.36. The van der Waals surface area contributed by atoms with Crippen LogP contribution in [-0.2, 0) is 21.2 Å². The predicted molar refractivity (Wildman–Crippen MR) is 156 cm³/mol. The van der Waals surface area contributed by atoms with E-state index in [4.69, 9.17) is 4.74 Å². The highest BCUT2D eigenvalue weighted by Gasteiger charge is 2.31. The molecule has 1 aliphatic carbocycles. The van der Waals surface area contributed by atoms with Crippen LogP contribution < -0.4 is 0 Å². The summed E-state index contributed by atoms with van der Waals surface area (Å²) in [4.78, 5) is 18.1. The minimum atomic E-state index is -4.06. The second-order valence-corrected chi connectivity index (χ2v) is 13.4. The maximum Gasteiger partial charge on any atom is 0.410 e. The van der Waals surface area contributed by atoms with Gasteiger partial charge in [-0.3, -0.25) is 0 Å². The summed E-state index contributed by atoms with van der Waals surface area (Å²) in [5.74, 6) is -0.985. The largest absolute Gasteiger partial charge is 0.446 e. The van der Waals surface area contributed by atoms with Gasteiger partial charge >= 0.3 is 6.09 Å². The number of carbonyl (C=O) groups is 1. The molecule has 1 amide bonds. The normalized spacial score (nSPS) is 20.9. The Labute approximate surface area is 248 Å². The number of alkyl halides is 1. The highest BCUT2D eigenvalue weighted by atomic mass is 32.2. The number of aromatic nitrogens is 2. The molecule has 1 saturated carbocycles. The first-order valence-corrected chi connectivity index (χ1v) is 15.9. The van der Waals surface area contributed by atoms with Gasteiger partial charge in [0.15, 0.2) is 5.65 Å². The molecule has 11 heteroatoms. The number of ether oxygens (including phenoxy) is 1. The van der Waals surface area contributed by atoms with Gasteiger partial charge in [0.05, 0.1) is 17.6 Å². The van der Waals surface area contributed by atoms with Crippen molar-refractivity contribution in [3.8, 4) is 11.1 Å². The summed E-state index contributed by atoms with van der Waals surface area (Å²) < 4.78 is 76.9. The molecular formula is C32H32F3N3O4S. The number of fused-ring (bicyclic) bond motifs is 1. The van der Waals surface area contributed by atoms with Gasteiger partial charge in [0.1, 0.15) is 23.9 Å². The van der Waals surface area contributed by atoms with Crippen LogP contribution in [0.5, 0.6) is 0 Å². The first-order valence-electron chi connectivity index (χ1n) is 14.5. The molecule has 0 spiro atoms. The van der Waals surface area contributed by atoms with Crippen LogP contribution in [0.15, 0.2) is 65.8 Å². The number of benzene rings is 2. The van der Waals surface area contributed by atoms with E-state index in [-0.39, 0.29) is 34.5 Å². The van der Waals surface area contributed by atoms with Crippen molar-refractivity contribution in [2.75, 3.05) is 13.1 Å². The summed E-state index contributed by atoms with van der Waals surface area (Å²) in [6.07, 6.45) is 4.13. The number of hydrogen-bond donors (Lipinski definition) is 0. The summed E-state index contributed by atoms with van der Waals surface area (Å²) in [5, 5.41) is 0.287. The third-order valence-corrected chi connectivity index (χ3v) is 10.1. The zero-order chi connectivity index (χ0) is 30.3. The Bertz CT molecular complexity index is 1770. The van der Waals surface area contributed by atoms with Crippen molar-refractivity contribution in [3.05, 3.63) is 83.7 Å². The van der Waals surface area contributed by atoms with Crippen molar-refractivity contribution in [2.24, 2.45) is 5.92 Å². The van der Waals surface area contributed by atoms with Crippen molar-refractivity contribution in [2.45, 2.75) is 62.6 Å². The summed E-state index contributed by atoms with van der Waals surface area (Å²) in [5.41, 5.74) is 2.34. The number of carbonyl (C=O) groups excluding carboxylic acids is 1. The number of amides is 1. The molecule has 0 radical (unpaired) electrons. The number of aryl methyl sites for hydroxylation is 1. The monoisotopic (exact) mass is 611 g/mol. The molecule has 7 nitrogen and oxygen atoms in total. The molecule has 0 bridgehead atoms. The number of rotatable bonds is 6. The Balaban J connectivity index is 1.27. The average molecular weight is 612 g/mol. The first kappa shape index (κ1) is 29.2. The lowest BCUT2D eigenvalue weighted by Gasteiger charge is -2.30. The van der Waals surface area contributed by atoms with Gasteiger partial charge < -0.3 is 9.64 Å². The molecular weight excluding hydrogens is 579 g/mol. The fraction of sp³-hybridized carbons (Fsp3) is 0.375. The quantitative estimate of drug-likeness (QED) is 0.239. The van der Waals surface area contributed by atoms with E-state index in [1.54, 1.807) is 24.3 Å². The van der Waals surface area contributed by atoms with Crippen LogP contribution in [0.3, 0.4) is 0 Å². The summed E-state index contributed by atoms with van der Waals surface area (Å²) >= 11 is 0. The minimum absolute atomic E-state index is 0.0474. The number of halogens is 3. The Hall–Kier alpha value is -3.86. The molecule has 2 fully saturated rings. The van der Waals surface area contributed by atoms with Gasteiger partial charge in [-0.05, 0) is 92.8 Å². The van der Waals surface area contributed by atoms with Crippen molar-refractivity contribution in [3.63, 3.8) is 0 Å². The maximum absolute atomic E-state index is 15.1. The fourth-order valence-electron chi connectivity index (χ4n) is 6.14. The van der Waals surface area contributed by atoms with Crippen molar-refractivity contribution >= 4 is 27.1 Å². The molecule has 2 aromatic heterocycles. The number of nitrogens with zero attached hydrogens (tertiary/aromatic N) is 3. The van der Waals surface area contributed by atoms with Gasteiger partial charge in [-0.2, -0.15) is 0 Å². The van der Waals surface area contributed by atoms with Crippen molar-refractivity contribution in [1.82, 2.24) is 13.9 Å². The standard InChI is InChI=1S/C32H32F3N3O4S/c1-20-5-8-27(9-6-20)43(40,41)38-19-29(28-16-25(34)17-36-31(28)38)22-7-10-30(35)23(15-22)13-21-3-2-4-26(14-21)42-32(39)37-12-11-24(33)18-37/h5-10,15-17,19,21,24,26H,2-4,11-14,18H2,1H3/t21-,24-,26-/m1/s1. The third kappa shape index (κ3) is 6.00. The maximum atomic E-state index is 15.1. The molecule has 6 rings (SSSR count). The molecule has 0 N–H and O–H groups in total. The van der Waals surface area contributed by atoms with Crippen LogP contribution in [0.25, 0.3) is 22.2 Å². The zero-order valence-electron chi connectivity index (χ0n) is 23.7. The second kappa shape index (κ2) is 11.7. The average Bonchev–Trinajstić information content (AvgIpc) is 3.59. The van der Waals surface area contributed by atoms with Crippen LogP contribution in [0, 0.1) is 24.5 Å². The van der Waals surface area contributed by atoms with Crippen LogP contribution in [0.4, 0.5) is 18.0 Å². The molecule has 2 aromatic carbocycles. The molecule has 43 heavy (non-hydrogen) atoms. The smallest absolute Gasteiger partial charge is 0.410 e. The minimum Gasteiger partial charge on any atom is -0.446 e. The van der Waals surface area contributed by atoms with Crippen LogP contribution in [-0.4, -0.2) is 53.7 Å². The van der Waals surface area contributed by atoms with E-state index in [9.17, 15) is 22.0 Å². The van der Waals surface area contributed by atoms with E-state index in [0.29, 0.717) is 48.9 Å². The lowest BCUT2D eigenvalue weighted by Crippen LogP contribution is -2.35. The molecule has 3 atom stereocenters. The van der Waals surface area contributed by atoms with Crippen molar-refractivity contribution in [1.29, 1.82) is 0 Å². The predicted octanol–water partition coefficient (Wildman–Crippen LogP) is 6.81. The van der Waals surface area contributed by atoms with Gasteiger partial charge in [-0.25, -0.2) is 35.3 Å². The van der Waals surface area contributed by atoms with E-state index in [1.165, 1.54) is 35.4 Å². The Kier molecular flexibility index (Phi) is 7.93. The lowest BCUT2D eigenvalue weighted by molar-refractivity contribution is 0.0372. The van der Waals surface area contributed by atoms with E-state index in [0.717, 1.165) is 28.6 Å². The van der Waals surface area contributed by atoms with E-state index >= 15 is 4.39 Å². The lowest BCUT2D eigenvalue weighted by atomic mass is 9.82. The molecule has 4 aromatic rings. The SMILES string of the molecule is Cc1ccc(S(=O)(=O)n2cc(-c3ccc(F)c(C[C@H]4CCC[C@@H](OC(=O)N5CC[C@@H](F)C5)C4)c3)c3cc(F)cnc32)cc1. The Morgan fingerprint density at radius 1 is 1.07 bits per heavy atom. The molecule has 3 heterocycles. The van der Waals surface area contributed by atoms with Gasteiger partial charge in [-0.15, -0.1) is 0 Å². The highest BCUT2D eigenvalue weighted by molar-refractivity contribution is 7.90. The summed E-state index contributed by atoms with van der Waals surface area (Å²) in [6, 6.07) is 12.2. The topological polar surface area (TPSA) is 81.5 Å². The van der Waals surface area contributed by atoms with E-state index < -0.39 is 33.9 Å². The zero-order valence-corrected chi connectivity index (χ0v) is 24.5. The van der Waals surface area contributed by atoms with E-state index in [2.05, 4.69) is 4.98 Å². The first-order chi connectivity index (χ1) is 20.6. The molecule has 0 unspecified atom stereocenters. The molecule has 1 aliphatic heterocycles. The van der Waals surface area contributed by atoms with Gasteiger partial charge in [-0.1, -0.05) is 23.8 Å². The number of pyridine rings is 1. The number of likely N-dealkylation sites (tertiary alicyclic amines) is 1. The fourth-order valence-corrected chi connectivity index (χ4v) is 7.46.